The monoisotopic (exact) mass is 507 g/mol. The van der Waals surface area contributed by atoms with E-state index in [0.717, 1.165) is 79.5 Å². The second-order valence-corrected chi connectivity index (χ2v) is 11.0. The molecule has 37 heavy (non-hydrogen) atoms. The fourth-order valence-electron chi connectivity index (χ4n) is 6.81. The summed E-state index contributed by atoms with van der Waals surface area (Å²) >= 11 is 0. The molecule has 2 aliphatic heterocycles. The number of carboxylic acid groups (broad SMARTS) is 1. The van der Waals surface area contributed by atoms with E-state index in [4.69, 9.17) is 0 Å². The Morgan fingerprint density at radius 2 is 1.84 bits per heavy atom. The van der Waals surface area contributed by atoms with E-state index in [1.807, 2.05) is 12.1 Å². The molecule has 2 unspecified atom stereocenters. The molecule has 0 spiro atoms. The normalized spacial score (nSPS) is 24.2. The average molecular weight is 508 g/mol. The molecule has 5 nitrogen and oxygen atoms in total. The second-order valence-electron chi connectivity index (χ2n) is 11.0. The van der Waals surface area contributed by atoms with Gasteiger partial charge in [0, 0.05) is 41.5 Å². The molecule has 0 radical (unpaired) electrons. The van der Waals surface area contributed by atoms with Crippen LogP contribution in [0, 0.1) is 5.82 Å². The number of anilines is 1. The number of hydrogen-bond acceptors (Lipinski definition) is 3. The molecule has 2 aromatic carbocycles. The molecule has 0 amide bonds. The fourth-order valence-corrected chi connectivity index (χ4v) is 6.81. The van der Waals surface area contributed by atoms with Crippen LogP contribution in [0.4, 0.5) is 14.5 Å². The lowest BCUT2D eigenvalue weighted by Crippen LogP contribution is -2.30. The number of fused-ring (bicyclic) bond motifs is 5. The van der Waals surface area contributed by atoms with E-state index >= 15 is 8.78 Å². The van der Waals surface area contributed by atoms with Crippen molar-refractivity contribution in [3.8, 4) is 11.3 Å². The number of para-hydroxylation sites is 1. The zero-order valence-corrected chi connectivity index (χ0v) is 21.2. The Kier molecular flexibility index (Phi) is 6.65. The zero-order chi connectivity index (χ0) is 25.5. The summed E-state index contributed by atoms with van der Waals surface area (Å²) in [5, 5.41) is 14.2. The highest BCUT2D eigenvalue weighted by Crippen LogP contribution is 2.48. The van der Waals surface area contributed by atoms with Crippen LogP contribution in [0.1, 0.15) is 73.2 Å². The molecule has 7 heteroatoms. The number of nitrogens with one attached hydrogen (secondary N) is 1. The number of rotatable bonds is 5. The lowest BCUT2D eigenvalue weighted by molar-refractivity contribution is 0.0697. The molecule has 0 bridgehead atoms. The number of aromatic nitrogens is 1. The molecule has 1 saturated heterocycles. The van der Waals surface area contributed by atoms with Crippen molar-refractivity contribution >= 4 is 22.6 Å². The minimum atomic E-state index is -0.984. The van der Waals surface area contributed by atoms with Gasteiger partial charge in [0.15, 0.2) is 0 Å². The molecular weight excluding hydrogens is 472 g/mol. The molecule has 196 valence electrons. The van der Waals surface area contributed by atoms with Crippen LogP contribution in [0.2, 0.25) is 0 Å². The Morgan fingerprint density at radius 3 is 2.62 bits per heavy atom. The molecule has 3 aromatic rings. The maximum Gasteiger partial charge on any atom is 0.335 e. The third kappa shape index (κ3) is 4.52. The van der Waals surface area contributed by atoms with Crippen LogP contribution >= 0.6 is 0 Å². The van der Waals surface area contributed by atoms with Crippen molar-refractivity contribution in [1.29, 1.82) is 0 Å². The van der Waals surface area contributed by atoms with E-state index in [-0.39, 0.29) is 23.3 Å². The molecule has 1 aromatic heterocycles. The fraction of sp³-hybridized carbons (Fsp3) is 0.500. The Labute approximate surface area is 216 Å². The number of likely N-dealkylation sites (tertiary alicyclic amines) is 1. The van der Waals surface area contributed by atoms with Gasteiger partial charge in [-0.05, 0) is 75.4 Å². The predicted octanol–water partition coefficient (Wildman–Crippen LogP) is 6.81. The number of benzene rings is 2. The van der Waals surface area contributed by atoms with Gasteiger partial charge in [-0.2, -0.15) is 0 Å². The van der Waals surface area contributed by atoms with E-state index in [1.54, 1.807) is 18.2 Å². The zero-order valence-electron chi connectivity index (χ0n) is 21.2. The Bertz CT molecular complexity index is 1310. The highest BCUT2D eigenvalue weighted by molar-refractivity contribution is 5.99. The van der Waals surface area contributed by atoms with Gasteiger partial charge in [-0.3, -0.25) is 0 Å². The summed E-state index contributed by atoms with van der Waals surface area (Å²) in [4.78, 5) is 14.3. The Morgan fingerprint density at radius 1 is 1.03 bits per heavy atom. The molecule has 1 aliphatic carbocycles. The molecule has 3 aliphatic rings. The van der Waals surface area contributed by atoms with Gasteiger partial charge < -0.3 is 19.9 Å². The molecule has 3 atom stereocenters. The van der Waals surface area contributed by atoms with Crippen molar-refractivity contribution in [3.05, 3.63) is 53.3 Å². The number of aromatic carboxylic acids is 1. The van der Waals surface area contributed by atoms with Crippen LogP contribution in [0.15, 0.2) is 36.4 Å². The first-order chi connectivity index (χ1) is 18.0. The van der Waals surface area contributed by atoms with Crippen molar-refractivity contribution < 1.29 is 18.7 Å². The van der Waals surface area contributed by atoms with Crippen molar-refractivity contribution in [2.75, 3.05) is 25.0 Å². The van der Waals surface area contributed by atoms with Crippen molar-refractivity contribution in [2.24, 2.45) is 0 Å². The van der Waals surface area contributed by atoms with E-state index in [2.05, 4.69) is 14.8 Å². The van der Waals surface area contributed by atoms with Gasteiger partial charge in [0.2, 0.25) is 0 Å². The number of halogens is 2. The first-order valence-electron chi connectivity index (χ1n) is 13.8. The molecule has 2 N–H and O–H groups in total. The Balaban J connectivity index is 1.51. The van der Waals surface area contributed by atoms with Gasteiger partial charge in [0.05, 0.1) is 16.9 Å². The summed E-state index contributed by atoms with van der Waals surface area (Å²) in [7, 11) is 0. The summed E-state index contributed by atoms with van der Waals surface area (Å²) in [6.07, 6.45) is 6.29. The number of carboxylic acids is 1. The van der Waals surface area contributed by atoms with E-state index in [9.17, 15) is 9.90 Å². The average Bonchev–Trinajstić information content (AvgIpc) is 3.51. The molecule has 6 rings (SSSR count). The van der Waals surface area contributed by atoms with Crippen molar-refractivity contribution in [1.82, 2.24) is 9.47 Å². The highest BCUT2D eigenvalue weighted by atomic mass is 19.1. The number of carbonyl (C=O) groups is 1. The van der Waals surface area contributed by atoms with E-state index in [0.29, 0.717) is 18.7 Å². The lowest BCUT2D eigenvalue weighted by atomic mass is 9.80. The van der Waals surface area contributed by atoms with Crippen LogP contribution in [0.3, 0.4) is 0 Å². The van der Waals surface area contributed by atoms with Crippen molar-refractivity contribution in [3.63, 3.8) is 0 Å². The summed E-state index contributed by atoms with van der Waals surface area (Å²) < 4.78 is 33.1. The molecule has 2 fully saturated rings. The van der Waals surface area contributed by atoms with Crippen LogP contribution < -0.4 is 5.32 Å². The minimum Gasteiger partial charge on any atom is -0.478 e. The van der Waals surface area contributed by atoms with Gasteiger partial charge in [-0.25, -0.2) is 13.6 Å². The molecule has 3 heterocycles. The summed E-state index contributed by atoms with van der Waals surface area (Å²) in [6.45, 7) is 3.88. The summed E-state index contributed by atoms with van der Waals surface area (Å²) in [5.74, 6) is -1.58. The van der Waals surface area contributed by atoms with Crippen molar-refractivity contribution in [2.45, 2.75) is 76.0 Å². The maximum atomic E-state index is 15.5. The predicted molar refractivity (Wildman–Crippen MR) is 143 cm³/mol. The number of alkyl halides is 1. The molecular formula is C30H35F2N3O2. The maximum absolute atomic E-state index is 15.5. The lowest BCUT2D eigenvalue weighted by Gasteiger charge is -2.30. The SMILES string of the molecule is O=C(O)c1ccc2c(C3CCCC[C@@H]3F)c3n(c2c1)CCC(CCN1CCCC1)Nc1c(F)cccc1-3. The quantitative estimate of drug-likeness (QED) is 0.398. The summed E-state index contributed by atoms with van der Waals surface area (Å²) in [6, 6.07) is 10.4. The summed E-state index contributed by atoms with van der Waals surface area (Å²) in [5.41, 5.74) is 3.98. The van der Waals surface area contributed by atoms with Crippen LogP contribution in [-0.2, 0) is 6.54 Å². The van der Waals surface area contributed by atoms with Crippen LogP contribution in [0.25, 0.3) is 22.2 Å². The van der Waals surface area contributed by atoms with Crippen LogP contribution in [-0.4, -0.2) is 52.4 Å². The smallest absolute Gasteiger partial charge is 0.335 e. The standard InChI is InChI=1S/C30H35F2N3O2/c31-24-8-2-1-6-21(24)27-22-11-10-19(30(36)37)18-26(22)35-17-13-20(12-16-34-14-3-4-15-34)33-28-23(29(27)35)7-5-9-25(28)32/h5,7,9-11,18,20-21,24,33H,1-4,6,8,12-17H2,(H,36,37)/t20?,21?,24-/m0/s1. The third-order valence-electron chi connectivity index (χ3n) is 8.71. The van der Waals surface area contributed by atoms with Gasteiger partial charge in [0.1, 0.15) is 12.0 Å². The van der Waals surface area contributed by atoms with Gasteiger partial charge >= 0.3 is 5.97 Å². The minimum absolute atomic E-state index is 0.0801. The number of nitrogens with zero attached hydrogens (tertiary/aromatic N) is 2. The second kappa shape index (κ2) is 10.1. The Hall–Kier alpha value is -2.93. The first kappa shape index (κ1) is 24.4. The topological polar surface area (TPSA) is 57.5 Å². The largest absolute Gasteiger partial charge is 0.478 e. The van der Waals surface area contributed by atoms with E-state index in [1.165, 1.54) is 18.9 Å². The third-order valence-corrected chi connectivity index (χ3v) is 8.71. The number of hydrogen-bond donors (Lipinski definition) is 2. The highest BCUT2D eigenvalue weighted by Gasteiger charge is 2.35. The van der Waals surface area contributed by atoms with Gasteiger partial charge in [0.25, 0.3) is 0 Å². The first-order valence-corrected chi connectivity index (χ1v) is 13.8. The van der Waals surface area contributed by atoms with Gasteiger partial charge in [-0.15, -0.1) is 0 Å². The van der Waals surface area contributed by atoms with Crippen LogP contribution in [0.5, 0.6) is 0 Å². The molecule has 1 saturated carbocycles. The van der Waals surface area contributed by atoms with Gasteiger partial charge in [-0.1, -0.05) is 31.0 Å². The van der Waals surface area contributed by atoms with E-state index < -0.39 is 12.1 Å². The number of aryl methyl sites for hydroxylation is 1.